The monoisotopic (exact) mass is 286 g/mol. The molecule has 0 bridgehead atoms. The smallest absolute Gasteiger partial charge is 0.303 e. The summed E-state index contributed by atoms with van der Waals surface area (Å²) in [6.07, 6.45) is 6.56. The molecule has 0 aromatic carbocycles. The normalized spacial score (nSPS) is 12.2. The Morgan fingerprint density at radius 3 is 1.95 bits per heavy atom. The number of hydrogen-bond acceptors (Lipinski definition) is 3. The second-order valence-electron chi connectivity index (χ2n) is 5.28. The summed E-state index contributed by atoms with van der Waals surface area (Å²) in [5.41, 5.74) is 5.82. The summed E-state index contributed by atoms with van der Waals surface area (Å²) in [5.74, 6) is -1.00. The van der Waals surface area contributed by atoms with Crippen LogP contribution in [0.25, 0.3) is 0 Å². The number of nitrogens with zero attached hydrogens (tertiary/aromatic N) is 1. The van der Waals surface area contributed by atoms with Crippen molar-refractivity contribution in [2.75, 3.05) is 13.1 Å². The number of carbonyl (C=O) groups is 2. The van der Waals surface area contributed by atoms with Crippen molar-refractivity contribution in [3.8, 4) is 0 Å². The van der Waals surface area contributed by atoms with E-state index in [2.05, 4.69) is 13.8 Å². The van der Waals surface area contributed by atoms with Crippen LogP contribution >= 0.6 is 0 Å². The molecule has 1 atom stereocenters. The van der Waals surface area contributed by atoms with Gasteiger partial charge in [0.05, 0.1) is 6.04 Å². The molecule has 0 radical (unpaired) electrons. The maximum atomic E-state index is 12.3. The molecule has 118 valence electrons. The van der Waals surface area contributed by atoms with Crippen molar-refractivity contribution in [1.29, 1.82) is 0 Å². The number of carboxylic acids is 1. The van der Waals surface area contributed by atoms with Crippen LogP contribution in [0.3, 0.4) is 0 Å². The number of rotatable bonds is 12. The van der Waals surface area contributed by atoms with Gasteiger partial charge in [-0.2, -0.15) is 0 Å². The van der Waals surface area contributed by atoms with Crippen LogP contribution in [0.1, 0.15) is 65.2 Å². The summed E-state index contributed by atoms with van der Waals surface area (Å²) in [7, 11) is 0. The Morgan fingerprint density at radius 1 is 1.05 bits per heavy atom. The van der Waals surface area contributed by atoms with Crippen LogP contribution in [0.15, 0.2) is 0 Å². The first-order chi connectivity index (χ1) is 9.52. The van der Waals surface area contributed by atoms with Crippen LogP contribution in [0.2, 0.25) is 0 Å². The van der Waals surface area contributed by atoms with E-state index in [9.17, 15) is 9.59 Å². The summed E-state index contributed by atoms with van der Waals surface area (Å²) in [6.45, 7) is 5.72. The zero-order valence-corrected chi connectivity index (χ0v) is 12.9. The van der Waals surface area contributed by atoms with Gasteiger partial charge < -0.3 is 15.7 Å². The van der Waals surface area contributed by atoms with Crippen LogP contribution in [-0.4, -0.2) is 41.0 Å². The molecular weight excluding hydrogens is 256 g/mol. The molecule has 0 spiro atoms. The highest BCUT2D eigenvalue weighted by Gasteiger charge is 2.20. The predicted octanol–water partition coefficient (Wildman–Crippen LogP) is 2.39. The van der Waals surface area contributed by atoms with Crippen LogP contribution in [-0.2, 0) is 9.59 Å². The number of nitrogens with two attached hydrogens (primary N) is 1. The van der Waals surface area contributed by atoms with Gasteiger partial charge in [-0.1, -0.05) is 39.5 Å². The quantitative estimate of drug-likeness (QED) is 0.540. The molecule has 0 aliphatic carbocycles. The van der Waals surface area contributed by atoms with E-state index in [1.54, 1.807) is 0 Å². The predicted molar refractivity (Wildman–Crippen MR) is 80.5 cm³/mol. The van der Waals surface area contributed by atoms with E-state index in [4.69, 9.17) is 10.8 Å². The van der Waals surface area contributed by atoms with Gasteiger partial charge in [0.1, 0.15) is 0 Å². The number of carbonyl (C=O) groups excluding carboxylic acids is 1. The minimum atomic E-state index is -0.906. The average molecular weight is 286 g/mol. The third kappa shape index (κ3) is 8.91. The highest BCUT2D eigenvalue weighted by atomic mass is 16.4. The van der Waals surface area contributed by atoms with E-state index in [-0.39, 0.29) is 18.7 Å². The molecule has 5 heteroatoms. The molecule has 1 amide bonds. The highest BCUT2D eigenvalue weighted by Crippen LogP contribution is 2.07. The van der Waals surface area contributed by atoms with Gasteiger partial charge in [0.15, 0.2) is 0 Å². The standard InChI is InChI=1S/C15H30N2O3/c1-3-5-7-11-17(12-8-6-4-2)15(20)13(16)9-10-14(18)19/h13H,3-12,16H2,1-2H3,(H,18,19)/t13-/m0/s1. The lowest BCUT2D eigenvalue weighted by atomic mass is 10.1. The van der Waals surface area contributed by atoms with Gasteiger partial charge in [0.2, 0.25) is 5.91 Å². The summed E-state index contributed by atoms with van der Waals surface area (Å²) in [6, 6.07) is -0.686. The molecule has 0 aromatic rings. The number of aliphatic carboxylic acids is 1. The maximum absolute atomic E-state index is 12.3. The van der Waals surface area contributed by atoms with Crippen molar-refractivity contribution in [3.05, 3.63) is 0 Å². The van der Waals surface area contributed by atoms with Crippen LogP contribution in [0.5, 0.6) is 0 Å². The third-order valence-corrected chi connectivity index (χ3v) is 3.36. The Balaban J connectivity index is 4.31. The fourth-order valence-electron chi connectivity index (χ4n) is 2.07. The molecule has 20 heavy (non-hydrogen) atoms. The summed E-state index contributed by atoms with van der Waals surface area (Å²) >= 11 is 0. The summed E-state index contributed by atoms with van der Waals surface area (Å²) in [4.78, 5) is 24.6. The SMILES string of the molecule is CCCCCN(CCCCC)C(=O)[C@@H](N)CCC(=O)O. The lowest BCUT2D eigenvalue weighted by Crippen LogP contribution is -2.44. The van der Waals surface area contributed by atoms with Gasteiger partial charge in [0, 0.05) is 19.5 Å². The van der Waals surface area contributed by atoms with Crippen molar-refractivity contribution in [3.63, 3.8) is 0 Å². The number of hydrogen-bond donors (Lipinski definition) is 2. The molecule has 0 fully saturated rings. The second-order valence-corrected chi connectivity index (χ2v) is 5.28. The molecule has 0 aliphatic rings. The van der Waals surface area contributed by atoms with Crippen LogP contribution in [0, 0.1) is 0 Å². The lowest BCUT2D eigenvalue weighted by molar-refractivity contribution is -0.137. The minimum Gasteiger partial charge on any atom is -0.481 e. The maximum Gasteiger partial charge on any atom is 0.303 e. The largest absolute Gasteiger partial charge is 0.481 e. The van der Waals surface area contributed by atoms with E-state index >= 15 is 0 Å². The fourth-order valence-corrected chi connectivity index (χ4v) is 2.07. The van der Waals surface area contributed by atoms with Gasteiger partial charge in [0.25, 0.3) is 0 Å². The Kier molecular flexibility index (Phi) is 11.1. The molecule has 0 aromatic heterocycles. The first-order valence-corrected chi connectivity index (χ1v) is 7.79. The first-order valence-electron chi connectivity index (χ1n) is 7.79. The molecule has 0 saturated heterocycles. The van der Waals surface area contributed by atoms with Gasteiger partial charge in [-0.3, -0.25) is 9.59 Å². The number of unbranched alkanes of at least 4 members (excludes halogenated alkanes) is 4. The Labute approximate surface area is 122 Å². The van der Waals surface area contributed by atoms with Crippen molar-refractivity contribution in [1.82, 2.24) is 4.90 Å². The molecule has 0 heterocycles. The zero-order chi connectivity index (χ0) is 15.4. The van der Waals surface area contributed by atoms with Crippen LogP contribution in [0.4, 0.5) is 0 Å². The highest BCUT2D eigenvalue weighted by molar-refractivity contribution is 5.82. The van der Waals surface area contributed by atoms with Crippen molar-refractivity contribution < 1.29 is 14.7 Å². The van der Waals surface area contributed by atoms with E-state index in [0.29, 0.717) is 0 Å². The van der Waals surface area contributed by atoms with Gasteiger partial charge >= 0.3 is 5.97 Å². The first kappa shape index (κ1) is 18.9. The van der Waals surface area contributed by atoms with Crippen LogP contribution < -0.4 is 5.73 Å². The second kappa shape index (κ2) is 11.7. The topological polar surface area (TPSA) is 83.6 Å². The molecular formula is C15H30N2O3. The van der Waals surface area contributed by atoms with E-state index in [0.717, 1.165) is 51.6 Å². The molecule has 3 N–H and O–H groups in total. The van der Waals surface area contributed by atoms with Gasteiger partial charge in [-0.15, -0.1) is 0 Å². The fraction of sp³-hybridized carbons (Fsp3) is 0.867. The molecule has 0 rings (SSSR count). The van der Waals surface area contributed by atoms with Crippen molar-refractivity contribution in [2.24, 2.45) is 5.73 Å². The molecule has 0 saturated carbocycles. The van der Waals surface area contributed by atoms with Crippen molar-refractivity contribution >= 4 is 11.9 Å². The van der Waals surface area contributed by atoms with Crippen molar-refractivity contribution in [2.45, 2.75) is 71.3 Å². The number of amides is 1. The zero-order valence-electron chi connectivity index (χ0n) is 12.9. The van der Waals surface area contributed by atoms with Gasteiger partial charge in [-0.25, -0.2) is 0 Å². The Bertz CT molecular complexity index is 272. The van der Waals surface area contributed by atoms with E-state index < -0.39 is 12.0 Å². The minimum absolute atomic E-state index is 0.0509. The molecule has 0 aliphatic heterocycles. The summed E-state index contributed by atoms with van der Waals surface area (Å²) < 4.78 is 0. The lowest BCUT2D eigenvalue weighted by Gasteiger charge is -2.25. The molecule has 0 unspecified atom stereocenters. The Morgan fingerprint density at radius 2 is 1.55 bits per heavy atom. The molecule has 5 nitrogen and oxygen atoms in total. The summed E-state index contributed by atoms with van der Waals surface area (Å²) in [5, 5.41) is 8.65. The van der Waals surface area contributed by atoms with E-state index in [1.807, 2.05) is 4.90 Å². The average Bonchev–Trinajstić information content (AvgIpc) is 2.42. The number of carboxylic acid groups (broad SMARTS) is 1. The van der Waals surface area contributed by atoms with E-state index in [1.165, 1.54) is 0 Å². The van der Waals surface area contributed by atoms with Gasteiger partial charge in [-0.05, 0) is 19.3 Å². The Hall–Kier alpha value is -1.10. The third-order valence-electron chi connectivity index (χ3n) is 3.36.